The van der Waals surface area contributed by atoms with E-state index in [2.05, 4.69) is 11.4 Å². The Morgan fingerprint density at radius 1 is 1.30 bits per heavy atom. The third-order valence-corrected chi connectivity index (χ3v) is 5.45. The molecular weight excluding hydrogens is 286 g/mol. The van der Waals surface area contributed by atoms with Crippen molar-refractivity contribution in [2.75, 3.05) is 6.54 Å². The van der Waals surface area contributed by atoms with Gasteiger partial charge in [0.05, 0.1) is 6.10 Å². The van der Waals surface area contributed by atoms with E-state index >= 15 is 0 Å². The quantitative estimate of drug-likeness (QED) is 0.811. The molecule has 0 heterocycles. The van der Waals surface area contributed by atoms with Crippen LogP contribution in [0.2, 0.25) is 0 Å². The summed E-state index contributed by atoms with van der Waals surface area (Å²) in [6.07, 6.45) is 7.02. The molecule has 0 aromatic heterocycles. The van der Waals surface area contributed by atoms with Gasteiger partial charge in [-0.25, -0.2) is 0 Å². The van der Waals surface area contributed by atoms with E-state index in [0.29, 0.717) is 24.7 Å². The first-order valence-corrected chi connectivity index (χ1v) is 8.86. The molecule has 0 amide bonds. The van der Waals surface area contributed by atoms with E-state index < -0.39 is 6.10 Å². The largest absolute Gasteiger partial charge is 0.387 e. The summed E-state index contributed by atoms with van der Waals surface area (Å²) in [7, 11) is 0. The highest BCUT2D eigenvalue weighted by molar-refractivity contribution is 5.96. The standard InChI is InChI=1S/C20H27NO2/c1-14(20(23)16-6-3-2-4-7-16)21-13-12-19(22)18-11-10-15-8-5-9-17(15)18/h2-4,6-7,11,14-15,17,20-21,23H,5,8-10,12-13H2,1H3. The number of Topliss-reactive ketones (excluding diaryl/α,β-unsaturated/α-hetero) is 1. The predicted octanol–water partition coefficient (Wildman–Crippen LogP) is 3.40. The lowest BCUT2D eigenvalue weighted by molar-refractivity contribution is -0.116. The summed E-state index contributed by atoms with van der Waals surface area (Å²) in [6, 6.07) is 9.59. The Balaban J connectivity index is 1.45. The zero-order valence-electron chi connectivity index (χ0n) is 13.9. The minimum atomic E-state index is -0.545. The van der Waals surface area contributed by atoms with Gasteiger partial charge in [-0.15, -0.1) is 0 Å². The monoisotopic (exact) mass is 313 g/mol. The molecule has 3 rings (SSSR count). The number of aliphatic hydroxyl groups excluding tert-OH is 1. The molecule has 1 saturated carbocycles. The smallest absolute Gasteiger partial charge is 0.160 e. The van der Waals surface area contributed by atoms with E-state index in [0.717, 1.165) is 23.5 Å². The topological polar surface area (TPSA) is 49.3 Å². The van der Waals surface area contributed by atoms with Crippen LogP contribution in [-0.2, 0) is 4.79 Å². The third-order valence-electron chi connectivity index (χ3n) is 5.45. The van der Waals surface area contributed by atoms with Crippen LogP contribution in [0.3, 0.4) is 0 Å². The zero-order valence-corrected chi connectivity index (χ0v) is 13.9. The second kappa shape index (κ2) is 7.41. The van der Waals surface area contributed by atoms with Gasteiger partial charge in [0.25, 0.3) is 0 Å². The van der Waals surface area contributed by atoms with Crippen LogP contribution in [0.5, 0.6) is 0 Å². The summed E-state index contributed by atoms with van der Waals surface area (Å²) in [6.45, 7) is 2.59. The average molecular weight is 313 g/mol. The molecule has 3 nitrogen and oxygen atoms in total. The first-order valence-electron chi connectivity index (χ1n) is 8.86. The Labute approximate surface area is 138 Å². The van der Waals surface area contributed by atoms with E-state index in [1.165, 1.54) is 19.3 Å². The maximum Gasteiger partial charge on any atom is 0.160 e. The Kier molecular flexibility index (Phi) is 5.29. The lowest BCUT2D eigenvalue weighted by atomic mass is 9.91. The number of aliphatic hydroxyl groups is 1. The van der Waals surface area contributed by atoms with Crippen molar-refractivity contribution >= 4 is 5.78 Å². The van der Waals surface area contributed by atoms with Crippen LogP contribution in [0.4, 0.5) is 0 Å². The van der Waals surface area contributed by atoms with Crippen molar-refractivity contribution in [2.24, 2.45) is 11.8 Å². The van der Waals surface area contributed by atoms with E-state index in [1.807, 2.05) is 37.3 Å². The second-order valence-electron chi connectivity index (χ2n) is 6.96. The van der Waals surface area contributed by atoms with Gasteiger partial charge in [0, 0.05) is 19.0 Å². The Hall–Kier alpha value is -1.45. The van der Waals surface area contributed by atoms with Crippen molar-refractivity contribution in [1.82, 2.24) is 5.32 Å². The molecule has 3 heteroatoms. The van der Waals surface area contributed by atoms with E-state index in [4.69, 9.17) is 0 Å². The first kappa shape index (κ1) is 16.4. The second-order valence-corrected chi connectivity index (χ2v) is 6.96. The molecule has 1 aromatic rings. The fraction of sp³-hybridized carbons (Fsp3) is 0.550. The summed E-state index contributed by atoms with van der Waals surface area (Å²) >= 11 is 0. The number of ketones is 1. The number of allylic oxidation sites excluding steroid dienone is 2. The Morgan fingerprint density at radius 2 is 2.09 bits per heavy atom. The predicted molar refractivity (Wildman–Crippen MR) is 92.0 cm³/mol. The van der Waals surface area contributed by atoms with Gasteiger partial charge in [0.15, 0.2) is 5.78 Å². The molecule has 0 aliphatic heterocycles. The van der Waals surface area contributed by atoms with Gasteiger partial charge < -0.3 is 10.4 Å². The van der Waals surface area contributed by atoms with Gasteiger partial charge in [-0.3, -0.25) is 4.79 Å². The van der Waals surface area contributed by atoms with Crippen LogP contribution < -0.4 is 5.32 Å². The summed E-state index contributed by atoms with van der Waals surface area (Å²) in [5.74, 6) is 1.57. The number of fused-ring (bicyclic) bond motifs is 1. The molecule has 0 radical (unpaired) electrons. The molecule has 2 aliphatic rings. The maximum absolute atomic E-state index is 12.4. The average Bonchev–Trinajstić information content (AvgIpc) is 3.18. The van der Waals surface area contributed by atoms with Crippen molar-refractivity contribution in [2.45, 2.75) is 51.2 Å². The van der Waals surface area contributed by atoms with Gasteiger partial charge in [-0.1, -0.05) is 42.8 Å². The van der Waals surface area contributed by atoms with Crippen LogP contribution in [0.25, 0.3) is 0 Å². The lowest BCUT2D eigenvalue weighted by Crippen LogP contribution is -2.34. The first-order chi connectivity index (χ1) is 11.2. The fourth-order valence-corrected chi connectivity index (χ4v) is 4.09. The van der Waals surface area contributed by atoms with Crippen LogP contribution >= 0.6 is 0 Å². The Bertz CT molecular complexity index is 566. The normalized spacial score (nSPS) is 25.7. The van der Waals surface area contributed by atoms with Gasteiger partial charge in [-0.2, -0.15) is 0 Å². The van der Waals surface area contributed by atoms with Gasteiger partial charge in [-0.05, 0) is 49.2 Å². The highest BCUT2D eigenvalue weighted by Gasteiger charge is 2.36. The molecule has 4 unspecified atom stereocenters. The van der Waals surface area contributed by atoms with Gasteiger partial charge >= 0.3 is 0 Å². The molecule has 23 heavy (non-hydrogen) atoms. The van der Waals surface area contributed by atoms with E-state index in [9.17, 15) is 9.90 Å². The molecule has 1 fully saturated rings. The number of hydrogen-bond acceptors (Lipinski definition) is 3. The number of benzene rings is 1. The molecule has 0 bridgehead atoms. The highest BCUT2D eigenvalue weighted by atomic mass is 16.3. The van der Waals surface area contributed by atoms with Crippen molar-refractivity contribution in [3.63, 3.8) is 0 Å². The number of carbonyl (C=O) groups is 1. The van der Waals surface area contributed by atoms with Crippen LogP contribution in [0, 0.1) is 11.8 Å². The fourth-order valence-electron chi connectivity index (χ4n) is 4.09. The molecule has 2 aliphatic carbocycles. The summed E-state index contributed by atoms with van der Waals surface area (Å²) in [5.41, 5.74) is 2.00. The summed E-state index contributed by atoms with van der Waals surface area (Å²) in [5, 5.41) is 13.6. The number of rotatable bonds is 7. The zero-order chi connectivity index (χ0) is 16.2. The minimum absolute atomic E-state index is 0.0676. The van der Waals surface area contributed by atoms with Crippen LogP contribution in [-0.4, -0.2) is 23.5 Å². The molecule has 4 atom stereocenters. The van der Waals surface area contributed by atoms with E-state index in [-0.39, 0.29) is 6.04 Å². The van der Waals surface area contributed by atoms with Crippen LogP contribution in [0.1, 0.15) is 50.7 Å². The summed E-state index contributed by atoms with van der Waals surface area (Å²) in [4.78, 5) is 12.4. The van der Waals surface area contributed by atoms with Crippen molar-refractivity contribution in [3.8, 4) is 0 Å². The van der Waals surface area contributed by atoms with Crippen molar-refractivity contribution in [3.05, 3.63) is 47.5 Å². The molecule has 0 spiro atoms. The molecule has 124 valence electrons. The third kappa shape index (κ3) is 3.73. The number of hydrogen-bond donors (Lipinski definition) is 2. The van der Waals surface area contributed by atoms with Gasteiger partial charge in [0.2, 0.25) is 0 Å². The molecule has 2 N–H and O–H groups in total. The maximum atomic E-state index is 12.4. The lowest BCUT2D eigenvalue weighted by Gasteiger charge is -2.21. The minimum Gasteiger partial charge on any atom is -0.387 e. The van der Waals surface area contributed by atoms with Crippen molar-refractivity contribution in [1.29, 1.82) is 0 Å². The number of nitrogens with one attached hydrogen (secondary N) is 1. The Morgan fingerprint density at radius 3 is 2.87 bits per heavy atom. The van der Waals surface area contributed by atoms with Gasteiger partial charge in [0.1, 0.15) is 0 Å². The SMILES string of the molecule is CC(NCCC(=O)C1=CCC2CCCC12)C(O)c1ccccc1. The van der Waals surface area contributed by atoms with E-state index in [1.54, 1.807) is 0 Å². The molecule has 1 aromatic carbocycles. The molecule has 0 saturated heterocycles. The highest BCUT2D eigenvalue weighted by Crippen LogP contribution is 2.44. The molecular formula is C20H27NO2. The van der Waals surface area contributed by atoms with Crippen molar-refractivity contribution < 1.29 is 9.90 Å². The summed E-state index contributed by atoms with van der Waals surface area (Å²) < 4.78 is 0. The van der Waals surface area contributed by atoms with Crippen LogP contribution in [0.15, 0.2) is 42.0 Å². The number of carbonyl (C=O) groups excluding carboxylic acids is 1.